The first-order valence-corrected chi connectivity index (χ1v) is 25.8. The number of imide groups is 2. The van der Waals surface area contributed by atoms with Gasteiger partial charge in [0.05, 0.1) is 59.2 Å². The fourth-order valence-corrected chi connectivity index (χ4v) is 9.99. The second-order valence-corrected chi connectivity index (χ2v) is 18.7. The summed E-state index contributed by atoms with van der Waals surface area (Å²) < 4.78 is 46.3. The Kier molecular flexibility index (Phi) is 19.6. The van der Waals surface area contributed by atoms with Crippen LogP contribution in [0.15, 0.2) is 72.8 Å². The Bertz CT molecular complexity index is 2740. The number of hydrogen-bond donors (Lipinski definition) is 2. The highest BCUT2D eigenvalue weighted by Gasteiger charge is 2.46. The maximum atomic E-state index is 14.6. The molecule has 0 spiro atoms. The molecule has 4 aromatic carbocycles. The van der Waals surface area contributed by atoms with Gasteiger partial charge in [0.2, 0.25) is 23.5 Å². The first-order valence-electron chi connectivity index (χ1n) is 25.8. The van der Waals surface area contributed by atoms with Crippen molar-refractivity contribution in [1.29, 1.82) is 0 Å². The summed E-state index contributed by atoms with van der Waals surface area (Å²) >= 11 is 0. The molecule has 2 N–H and O–H groups in total. The standard InChI is InChI=1S/C57H68N4O15/c1-7-37(36-32-47(71-4)52(73-6)48(33-36)72-5)54(65)60-29-14-12-19-41(60)57(68)76-43(25-22-35-23-26-44(69-2)46(31-35)70-3)38-17-10-11-20-42(38)75-34-50(63)58-28-13-8-9-15-30-74-45-21-16-18-39-51(45)56(67)61(55(39)66)40-24-27-49(62)59-53(40)64/h10-11,16-18,20-21,23,26,31-33,37,40-41,43H,7-9,12-15,19,22,24-25,27-30,34H2,1-6H3,(H,58,63)(H,59,62,64)/t37?,40?,41-,43+/m0/s1. The van der Waals surface area contributed by atoms with Crippen LogP contribution in [0.2, 0.25) is 0 Å². The highest BCUT2D eigenvalue weighted by Crippen LogP contribution is 2.42. The van der Waals surface area contributed by atoms with Gasteiger partial charge in [0, 0.05) is 25.1 Å². The van der Waals surface area contributed by atoms with Crippen molar-refractivity contribution in [3.8, 4) is 40.2 Å². The van der Waals surface area contributed by atoms with Gasteiger partial charge in [-0.1, -0.05) is 50.1 Å². The second kappa shape index (κ2) is 26.6. The van der Waals surface area contributed by atoms with E-state index in [2.05, 4.69) is 10.6 Å². The van der Waals surface area contributed by atoms with Crippen LogP contribution in [0.5, 0.6) is 40.2 Å². The van der Waals surface area contributed by atoms with Crippen LogP contribution in [-0.4, -0.2) is 125 Å². The lowest BCUT2D eigenvalue weighted by Crippen LogP contribution is -2.54. The van der Waals surface area contributed by atoms with Crippen molar-refractivity contribution in [3.63, 3.8) is 0 Å². The van der Waals surface area contributed by atoms with E-state index in [0.29, 0.717) is 97.2 Å². The predicted molar refractivity (Wildman–Crippen MR) is 277 cm³/mol. The molecule has 406 valence electrons. The van der Waals surface area contributed by atoms with E-state index in [1.54, 1.807) is 55.5 Å². The third-order valence-corrected chi connectivity index (χ3v) is 14.0. The molecule has 3 aliphatic heterocycles. The minimum absolute atomic E-state index is 0.0272. The van der Waals surface area contributed by atoms with Crippen LogP contribution < -0.4 is 43.8 Å². The average molecular weight is 1050 g/mol. The monoisotopic (exact) mass is 1050 g/mol. The van der Waals surface area contributed by atoms with Gasteiger partial charge >= 0.3 is 5.97 Å². The molecule has 2 saturated heterocycles. The number of carbonyl (C=O) groups is 7. The molecule has 0 aromatic heterocycles. The van der Waals surface area contributed by atoms with E-state index in [-0.39, 0.29) is 54.7 Å². The van der Waals surface area contributed by atoms with E-state index in [1.807, 2.05) is 37.3 Å². The molecule has 6 amide bonds. The van der Waals surface area contributed by atoms with Crippen molar-refractivity contribution in [2.24, 2.45) is 0 Å². The number of unbranched alkanes of at least 4 members (excludes halogenated alkanes) is 3. The zero-order valence-corrected chi connectivity index (χ0v) is 44.1. The van der Waals surface area contributed by atoms with E-state index in [1.165, 1.54) is 27.4 Å². The molecular formula is C57H68N4O15. The number of esters is 1. The number of carbonyl (C=O) groups excluding carboxylic acids is 7. The van der Waals surface area contributed by atoms with E-state index >= 15 is 0 Å². The Morgan fingerprint density at radius 1 is 0.724 bits per heavy atom. The van der Waals surface area contributed by atoms with Crippen molar-refractivity contribution in [2.75, 3.05) is 61.9 Å². The maximum Gasteiger partial charge on any atom is 0.329 e. The molecule has 0 radical (unpaired) electrons. The maximum absolute atomic E-state index is 14.6. The molecular weight excluding hydrogens is 981 g/mol. The highest BCUT2D eigenvalue weighted by atomic mass is 16.6. The summed E-state index contributed by atoms with van der Waals surface area (Å²) in [5.74, 6) is -1.07. The molecule has 4 atom stereocenters. The number of nitrogens with zero attached hydrogens (tertiary/aromatic N) is 2. The third-order valence-electron chi connectivity index (χ3n) is 14.0. The lowest BCUT2D eigenvalue weighted by Gasteiger charge is -2.37. The van der Waals surface area contributed by atoms with Gasteiger partial charge in [-0.25, -0.2) is 4.79 Å². The molecule has 2 fully saturated rings. The van der Waals surface area contributed by atoms with E-state index < -0.39 is 53.7 Å². The molecule has 0 bridgehead atoms. The molecule has 3 heterocycles. The number of piperidine rings is 2. The van der Waals surface area contributed by atoms with Gasteiger partial charge in [-0.2, -0.15) is 0 Å². The number of aryl methyl sites for hydroxylation is 1. The normalized spacial score (nSPS) is 17.0. The highest BCUT2D eigenvalue weighted by molar-refractivity contribution is 6.24. The number of hydrogen-bond acceptors (Lipinski definition) is 15. The SMILES string of the molecule is CCC(C(=O)N1CCCC[C@H]1C(=O)O[C@H](CCc1ccc(OC)c(OC)c1)c1ccccc1OCC(=O)NCCCCCCOc1cccc2c1C(=O)N(C1CCC(=O)NC1=O)C2=O)c1cc(OC)c(OC)c(OC)c1. The predicted octanol–water partition coefficient (Wildman–Crippen LogP) is 7.06. The summed E-state index contributed by atoms with van der Waals surface area (Å²) in [6.45, 7) is 2.66. The van der Waals surface area contributed by atoms with Crippen molar-refractivity contribution < 1.29 is 71.5 Å². The fraction of sp³-hybridized carbons (Fsp3) is 0.456. The number of amides is 6. The van der Waals surface area contributed by atoms with E-state index in [9.17, 15) is 33.6 Å². The second-order valence-electron chi connectivity index (χ2n) is 18.7. The van der Waals surface area contributed by atoms with Crippen LogP contribution in [-0.2, 0) is 35.1 Å². The Balaban J connectivity index is 0.951. The van der Waals surface area contributed by atoms with Crippen molar-refractivity contribution in [1.82, 2.24) is 20.4 Å². The van der Waals surface area contributed by atoms with Crippen LogP contribution >= 0.6 is 0 Å². The molecule has 7 rings (SSSR count). The van der Waals surface area contributed by atoms with E-state index in [4.69, 9.17) is 37.9 Å². The van der Waals surface area contributed by atoms with Crippen LogP contribution in [0.1, 0.15) is 127 Å². The smallest absolute Gasteiger partial charge is 0.329 e. The Morgan fingerprint density at radius 2 is 1.45 bits per heavy atom. The van der Waals surface area contributed by atoms with Crippen molar-refractivity contribution in [2.45, 2.75) is 108 Å². The Labute approximate surface area is 442 Å². The average Bonchev–Trinajstić information content (AvgIpc) is 3.70. The van der Waals surface area contributed by atoms with E-state index in [0.717, 1.165) is 36.1 Å². The number of methoxy groups -OCH3 is 5. The summed E-state index contributed by atoms with van der Waals surface area (Å²) in [5.41, 5.74) is 2.39. The number of rotatable bonds is 26. The number of benzene rings is 4. The van der Waals surface area contributed by atoms with Crippen LogP contribution in [0.3, 0.4) is 0 Å². The van der Waals surface area contributed by atoms with Gasteiger partial charge in [0.25, 0.3) is 17.7 Å². The molecule has 0 aliphatic carbocycles. The number of likely N-dealkylation sites (tertiary alicyclic amines) is 1. The summed E-state index contributed by atoms with van der Waals surface area (Å²) in [6, 6.07) is 19.1. The topological polar surface area (TPSA) is 224 Å². The van der Waals surface area contributed by atoms with Gasteiger partial charge in [-0.05, 0) is 111 Å². The zero-order chi connectivity index (χ0) is 54.3. The number of fused-ring (bicyclic) bond motifs is 1. The lowest BCUT2D eigenvalue weighted by atomic mass is 9.91. The minimum atomic E-state index is -1.07. The summed E-state index contributed by atoms with van der Waals surface area (Å²) in [7, 11) is 7.68. The van der Waals surface area contributed by atoms with Crippen LogP contribution in [0.4, 0.5) is 0 Å². The third kappa shape index (κ3) is 13.0. The summed E-state index contributed by atoms with van der Waals surface area (Å²) in [4.78, 5) is 95.6. The van der Waals surface area contributed by atoms with Gasteiger partial charge in [0.1, 0.15) is 29.7 Å². The van der Waals surface area contributed by atoms with Crippen molar-refractivity contribution in [3.05, 3.63) is 101 Å². The lowest BCUT2D eigenvalue weighted by molar-refractivity contribution is -0.162. The molecule has 2 unspecified atom stereocenters. The van der Waals surface area contributed by atoms with Gasteiger partial charge < -0.3 is 48.1 Å². The minimum Gasteiger partial charge on any atom is -0.493 e. The van der Waals surface area contributed by atoms with Crippen molar-refractivity contribution >= 4 is 41.4 Å². The number of nitrogens with one attached hydrogen (secondary N) is 2. The molecule has 0 saturated carbocycles. The Hall–Kier alpha value is -7.83. The quantitative estimate of drug-likeness (QED) is 0.0365. The van der Waals surface area contributed by atoms with Crippen LogP contribution in [0, 0.1) is 0 Å². The largest absolute Gasteiger partial charge is 0.493 e. The van der Waals surface area contributed by atoms with Gasteiger partial charge in [-0.15, -0.1) is 0 Å². The molecule has 19 nitrogen and oxygen atoms in total. The number of para-hydroxylation sites is 1. The summed E-state index contributed by atoms with van der Waals surface area (Å²) in [5, 5.41) is 5.11. The number of ether oxygens (including phenoxy) is 8. The molecule has 4 aromatic rings. The first kappa shape index (κ1) is 55.9. The fourth-order valence-electron chi connectivity index (χ4n) is 9.99. The summed E-state index contributed by atoms with van der Waals surface area (Å²) in [6.07, 6.45) is 5.19. The molecule has 76 heavy (non-hydrogen) atoms. The molecule has 3 aliphatic rings. The van der Waals surface area contributed by atoms with Gasteiger partial charge in [-0.3, -0.25) is 39.0 Å². The molecule has 19 heteroatoms. The zero-order valence-electron chi connectivity index (χ0n) is 44.1. The first-order chi connectivity index (χ1) is 36.8. The van der Waals surface area contributed by atoms with Crippen LogP contribution in [0.25, 0.3) is 0 Å². The van der Waals surface area contributed by atoms with Gasteiger partial charge in [0.15, 0.2) is 29.6 Å². The Morgan fingerprint density at radius 3 is 2.16 bits per heavy atom.